The molecule has 0 saturated carbocycles. The maximum atomic E-state index is 13.9. The minimum absolute atomic E-state index is 0.0781. The molecule has 0 aromatic heterocycles. The van der Waals surface area contributed by atoms with Gasteiger partial charge in [0.2, 0.25) is 0 Å². The number of rotatable bonds is 3. The second-order valence-electron chi connectivity index (χ2n) is 5.59. The van der Waals surface area contributed by atoms with E-state index in [0.29, 0.717) is 17.9 Å². The molecule has 0 bridgehead atoms. The van der Waals surface area contributed by atoms with Crippen LogP contribution in [0.25, 0.3) is 0 Å². The summed E-state index contributed by atoms with van der Waals surface area (Å²) >= 11 is 3.26. The molecule has 0 radical (unpaired) electrons. The first-order valence-electron chi connectivity index (χ1n) is 6.75. The average Bonchev–Trinajstić information content (AvgIpc) is 2.57. The Balaban J connectivity index is 2.10. The van der Waals surface area contributed by atoms with Crippen LogP contribution in [-0.4, -0.2) is 18.2 Å². The molecule has 5 unspecified atom stereocenters. The number of halogens is 2. The summed E-state index contributed by atoms with van der Waals surface area (Å²) in [4.78, 5) is 0. The summed E-state index contributed by atoms with van der Waals surface area (Å²) in [6, 6.07) is 5.06. The Morgan fingerprint density at radius 3 is 2.53 bits per heavy atom. The van der Waals surface area contributed by atoms with E-state index in [1.165, 1.54) is 6.07 Å². The standard InChI is InChI=1S/C15H21BrFNO/c1-8-9(2)19-10(3)15(8)14(18)6-11-4-5-12(16)7-13(11)17/h4-5,7-10,14-15H,6,18H2,1-3H3. The van der Waals surface area contributed by atoms with Gasteiger partial charge in [0.15, 0.2) is 0 Å². The summed E-state index contributed by atoms with van der Waals surface area (Å²) in [5.41, 5.74) is 6.98. The van der Waals surface area contributed by atoms with Gasteiger partial charge in [-0.3, -0.25) is 0 Å². The Morgan fingerprint density at radius 1 is 1.32 bits per heavy atom. The van der Waals surface area contributed by atoms with Crippen molar-refractivity contribution in [2.24, 2.45) is 17.6 Å². The van der Waals surface area contributed by atoms with E-state index in [1.54, 1.807) is 6.07 Å². The molecular formula is C15H21BrFNO. The summed E-state index contributed by atoms with van der Waals surface area (Å²) in [5.74, 6) is 0.485. The van der Waals surface area contributed by atoms with Crippen LogP contribution in [0.5, 0.6) is 0 Å². The lowest BCUT2D eigenvalue weighted by Gasteiger charge is -2.26. The largest absolute Gasteiger partial charge is 0.375 e. The molecule has 5 atom stereocenters. The van der Waals surface area contributed by atoms with Gasteiger partial charge >= 0.3 is 0 Å². The first-order chi connectivity index (χ1) is 8.90. The van der Waals surface area contributed by atoms with E-state index in [0.717, 1.165) is 4.47 Å². The summed E-state index contributed by atoms with van der Waals surface area (Å²) in [5, 5.41) is 0. The molecule has 4 heteroatoms. The zero-order valence-electron chi connectivity index (χ0n) is 11.6. The lowest BCUT2D eigenvalue weighted by atomic mass is 9.81. The van der Waals surface area contributed by atoms with Gasteiger partial charge in [0.05, 0.1) is 12.2 Å². The van der Waals surface area contributed by atoms with Crippen LogP contribution in [0.2, 0.25) is 0 Å². The first kappa shape index (κ1) is 14.9. The third-order valence-electron chi connectivity index (χ3n) is 4.28. The molecule has 0 aliphatic carbocycles. The minimum Gasteiger partial charge on any atom is -0.375 e. The van der Waals surface area contributed by atoms with E-state index in [2.05, 4.69) is 36.7 Å². The highest BCUT2D eigenvalue weighted by atomic mass is 79.9. The Labute approximate surface area is 122 Å². The van der Waals surface area contributed by atoms with Gasteiger partial charge in [-0.1, -0.05) is 28.9 Å². The van der Waals surface area contributed by atoms with Crippen molar-refractivity contribution in [3.63, 3.8) is 0 Å². The van der Waals surface area contributed by atoms with Gasteiger partial charge in [-0.15, -0.1) is 0 Å². The molecule has 0 spiro atoms. The highest BCUT2D eigenvalue weighted by Crippen LogP contribution is 2.35. The molecule has 1 aliphatic heterocycles. The van der Waals surface area contributed by atoms with Crippen molar-refractivity contribution in [2.45, 2.75) is 45.4 Å². The van der Waals surface area contributed by atoms with Crippen LogP contribution in [-0.2, 0) is 11.2 Å². The fraction of sp³-hybridized carbons (Fsp3) is 0.600. The zero-order valence-corrected chi connectivity index (χ0v) is 13.2. The molecular weight excluding hydrogens is 309 g/mol. The SMILES string of the molecule is CC1OC(C)C(C(N)Cc2ccc(Br)cc2F)C1C. The van der Waals surface area contributed by atoms with Gasteiger partial charge < -0.3 is 10.5 Å². The van der Waals surface area contributed by atoms with E-state index < -0.39 is 0 Å². The molecule has 1 aromatic carbocycles. The molecule has 1 aromatic rings. The highest BCUT2D eigenvalue weighted by molar-refractivity contribution is 9.10. The number of nitrogens with two attached hydrogens (primary N) is 1. The van der Waals surface area contributed by atoms with Crippen molar-refractivity contribution in [1.82, 2.24) is 0 Å². The van der Waals surface area contributed by atoms with E-state index >= 15 is 0 Å². The van der Waals surface area contributed by atoms with Crippen molar-refractivity contribution in [3.8, 4) is 0 Å². The third-order valence-corrected chi connectivity index (χ3v) is 4.78. The minimum atomic E-state index is -0.197. The van der Waals surface area contributed by atoms with Crippen LogP contribution in [0.1, 0.15) is 26.3 Å². The topological polar surface area (TPSA) is 35.2 Å². The molecule has 2 N–H and O–H groups in total. The number of hydrogen-bond donors (Lipinski definition) is 1. The van der Waals surface area contributed by atoms with Crippen molar-refractivity contribution >= 4 is 15.9 Å². The zero-order chi connectivity index (χ0) is 14.2. The lowest BCUT2D eigenvalue weighted by Crippen LogP contribution is -2.39. The predicted molar refractivity (Wildman–Crippen MR) is 78.4 cm³/mol. The Hall–Kier alpha value is -0.450. The van der Waals surface area contributed by atoms with E-state index in [1.807, 2.05) is 6.07 Å². The summed E-state index contributed by atoms with van der Waals surface area (Å²) in [6.45, 7) is 6.30. The normalized spacial score (nSPS) is 32.5. The maximum Gasteiger partial charge on any atom is 0.127 e. The fourth-order valence-corrected chi connectivity index (χ4v) is 3.44. The van der Waals surface area contributed by atoms with Gasteiger partial charge in [-0.05, 0) is 43.9 Å². The van der Waals surface area contributed by atoms with Gasteiger partial charge in [-0.25, -0.2) is 4.39 Å². The quantitative estimate of drug-likeness (QED) is 0.920. The van der Waals surface area contributed by atoms with Crippen molar-refractivity contribution < 1.29 is 9.13 Å². The summed E-state index contributed by atoms with van der Waals surface area (Å²) < 4.78 is 20.4. The van der Waals surface area contributed by atoms with Crippen LogP contribution in [0, 0.1) is 17.7 Å². The number of hydrogen-bond acceptors (Lipinski definition) is 2. The first-order valence-corrected chi connectivity index (χ1v) is 7.54. The molecule has 2 rings (SSSR count). The van der Waals surface area contributed by atoms with Crippen LogP contribution in [0.15, 0.2) is 22.7 Å². The van der Waals surface area contributed by atoms with Gasteiger partial charge in [0, 0.05) is 16.4 Å². The van der Waals surface area contributed by atoms with Gasteiger partial charge in [0.1, 0.15) is 5.82 Å². The molecule has 19 heavy (non-hydrogen) atoms. The van der Waals surface area contributed by atoms with Gasteiger partial charge in [-0.2, -0.15) is 0 Å². The van der Waals surface area contributed by atoms with Gasteiger partial charge in [0.25, 0.3) is 0 Å². The van der Waals surface area contributed by atoms with Crippen molar-refractivity contribution in [1.29, 1.82) is 0 Å². The molecule has 106 valence electrons. The molecule has 2 nitrogen and oxygen atoms in total. The second kappa shape index (κ2) is 5.90. The third kappa shape index (κ3) is 3.18. The molecule has 1 heterocycles. The van der Waals surface area contributed by atoms with Crippen LogP contribution in [0.4, 0.5) is 4.39 Å². The highest BCUT2D eigenvalue weighted by Gasteiger charge is 2.40. The number of benzene rings is 1. The molecule has 1 aliphatic rings. The van der Waals surface area contributed by atoms with Crippen LogP contribution < -0.4 is 5.73 Å². The van der Waals surface area contributed by atoms with Crippen LogP contribution in [0.3, 0.4) is 0 Å². The smallest absolute Gasteiger partial charge is 0.127 e. The monoisotopic (exact) mass is 329 g/mol. The Bertz CT molecular complexity index is 454. The summed E-state index contributed by atoms with van der Waals surface area (Å²) in [7, 11) is 0. The molecule has 1 saturated heterocycles. The maximum absolute atomic E-state index is 13.9. The van der Waals surface area contributed by atoms with Crippen molar-refractivity contribution in [3.05, 3.63) is 34.1 Å². The summed E-state index contributed by atoms with van der Waals surface area (Å²) in [6.07, 6.45) is 0.911. The fourth-order valence-electron chi connectivity index (χ4n) is 3.11. The van der Waals surface area contributed by atoms with Crippen molar-refractivity contribution in [2.75, 3.05) is 0 Å². The molecule has 0 amide bonds. The lowest BCUT2D eigenvalue weighted by molar-refractivity contribution is 0.0490. The van der Waals surface area contributed by atoms with E-state index in [-0.39, 0.29) is 30.0 Å². The number of ether oxygens (including phenoxy) is 1. The predicted octanol–water partition coefficient (Wildman–Crippen LogP) is 3.52. The van der Waals surface area contributed by atoms with E-state index in [9.17, 15) is 4.39 Å². The van der Waals surface area contributed by atoms with Crippen LogP contribution >= 0.6 is 15.9 Å². The Morgan fingerprint density at radius 2 is 2.00 bits per heavy atom. The Kier molecular flexibility index (Phi) is 4.64. The average molecular weight is 330 g/mol. The molecule has 1 fully saturated rings. The second-order valence-corrected chi connectivity index (χ2v) is 6.50. The van der Waals surface area contributed by atoms with E-state index in [4.69, 9.17) is 10.5 Å².